The van der Waals surface area contributed by atoms with Crippen LogP contribution in [0.15, 0.2) is 30.3 Å². The third-order valence-corrected chi connectivity index (χ3v) is 6.95. The average molecular weight is 458 g/mol. The Bertz CT molecular complexity index is 899. The number of anilines is 1. The van der Waals surface area contributed by atoms with Crippen molar-refractivity contribution in [1.29, 1.82) is 0 Å². The van der Waals surface area contributed by atoms with Gasteiger partial charge in [0.05, 0.1) is 17.9 Å². The van der Waals surface area contributed by atoms with E-state index in [9.17, 15) is 14.4 Å². The van der Waals surface area contributed by atoms with Gasteiger partial charge in [-0.3, -0.25) is 14.4 Å². The molecule has 3 heterocycles. The Balaban J connectivity index is 1.62. The van der Waals surface area contributed by atoms with E-state index in [2.05, 4.69) is 10.6 Å². The zero-order chi connectivity index (χ0) is 23.8. The van der Waals surface area contributed by atoms with Crippen LogP contribution >= 0.6 is 0 Å². The lowest BCUT2D eigenvalue weighted by Crippen LogP contribution is -2.58. The van der Waals surface area contributed by atoms with Crippen LogP contribution in [0.1, 0.15) is 52.9 Å². The molecule has 1 aromatic carbocycles. The van der Waals surface area contributed by atoms with Crippen molar-refractivity contribution < 1.29 is 24.2 Å². The molecule has 2 bridgehead atoms. The highest BCUT2D eigenvalue weighted by Gasteiger charge is 2.74. The summed E-state index contributed by atoms with van der Waals surface area (Å²) in [6, 6.07) is 8.42. The standard InChI is InChI=1S/C25H35N3O5/c1-24(2,3)27-22(31)20-25-13-12-17(33-25)18(21(30)26-16-10-6-4-7-11-16)19(25)23(32)28(20)14-8-5-9-15-29/h4,6-7,10-11,17-20,29H,5,8-9,12-15H2,1-3H3,(H,26,30)(H,27,31)/t17-,18+,19-,20?,25?/m0/s1. The number of aliphatic hydroxyl groups is 1. The van der Waals surface area contributed by atoms with Gasteiger partial charge in [-0.05, 0) is 65.0 Å². The molecular formula is C25H35N3O5. The van der Waals surface area contributed by atoms with E-state index in [0.29, 0.717) is 37.9 Å². The average Bonchev–Trinajstić information content (AvgIpc) is 3.38. The third kappa shape index (κ3) is 4.38. The number of nitrogens with zero attached hydrogens (tertiary/aromatic N) is 1. The monoisotopic (exact) mass is 457 g/mol. The predicted octanol–water partition coefficient (Wildman–Crippen LogP) is 2.08. The maximum absolute atomic E-state index is 13.7. The van der Waals surface area contributed by atoms with Crippen LogP contribution in [0.3, 0.4) is 0 Å². The van der Waals surface area contributed by atoms with Crippen LogP contribution in [-0.4, -0.2) is 64.2 Å². The number of carbonyl (C=O) groups is 3. The van der Waals surface area contributed by atoms with Crippen LogP contribution in [0.2, 0.25) is 0 Å². The summed E-state index contributed by atoms with van der Waals surface area (Å²) < 4.78 is 6.41. The molecule has 3 aliphatic heterocycles. The van der Waals surface area contributed by atoms with Crippen LogP contribution < -0.4 is 10.6 Å². The lowest BCUT2D eigenvalue weighted by atomic mass is 9.70. The lowest BCUT2D eigenvalue weighted by molar-refractivity contribution is -0.142. The van der Waals surface area contributed by atoms with Crippen LogP contribution in [0.4, 0.5) is 5.69 Å². The van der Waals surface area contributed by atoms with Crippen LogP contribution in [0.25, 0.3) is 0 Å². The maximum atomic E-state index is 13.7. The van der Waals surface area contributed by atoms with E-state index >= 15 is 0 Å². The SMILES string of the molecule is CC(C)(C)NC(=O)C1N(CCCCCO)C(=O)[C@@H]2[C@H](C(=O)Nc3ccccc3)[C@@H]3CCC12O3. The van der Waals surface area contributed by atoms with Crippen molar-refractivity contribution in [3.63, 3.8) is 0 Å². The Morgan fingerprint density at radius 2 is 1.88 bits per heavy atom. The molecule has 1 spiro atoms. The second-order valence-corrected chi connectivity index (χ2v) is 10.5. The summed E-state index contributed by atoms with van der Waals surface area (Å²) in [6.45, 7) is 6.23. The van der Waals surface area contributed by atoms with Gasteiger partial charge in [-0.1, -0.05) is 18.2 Å². The van der Waals surface area contributed by atoms with Crippen molar-refractivity contribution in [2.75, 3.05) is 18.5 Å². The molecule has 4 rings (SSSR count). The van der Waals surface area contributed by atoms with E-state index < -0.39 is 29.0 Å². The molecule has 1 aromatic rings. The van der Waals surface area contributed by atoms with E-state index in [4.69, 9.17) is 9.84 Å². The molecule has 3 fully saturated rings. The highest BCUT2D eigenvalue weighted by molar-refractivity contribution is 6.02. The predicted molar refractivity (Wildman–Crippen MR) is 123 cm³/mol. The van der Waals surface area contributed by atoms with Gasteiger partial charge in [0.1, 0.15) is 11.6 Å². The zero-order valence-corrected chi connectivity index (χ0v) is 19.7. The van der Waals surface area contributed by atoms with Gasteiger partial charge < -0.3 is 25.4 Å². The van der Waals surface area contributed by atoms with E-state index in [-0.39, 0.29) is 30.4 Å². The minimum Gasteiger partial charge on any atom is -0.396 e. The Labute approximate surface area is 195 Å². The van der Waals surface area contributed by atoms with Crippen molar-refractivity contribution >= 4 is 23.4 Å². The number of rotatable bonds is 8. The fourth-order valence-corrected chi connectivity index (χ4v) is 5.75. The second kappa shape index (κ2) is 9.06. The summed E-state index contributed by atoms with van der Waals surface area (Å²) in [4.78, 5) is 42.1. The number of unbranched alkanes of at least 4 members (excludes halogenated alkanes) is 2. The number of carbonyl (C=O) groups excluding carboxylic acids is 3. The zero-order valence-electron chi connectivity index (χ0n) is 19.7. The first-order valence-corrected chi connectivity index (χ1v) is 11.9. The molecule has 33 heavy (non-hydrogen) atoms. The van der Waals surface area contributed by atoms with Gasteiger partial charge in [-0.2, -0.15) is 0 Å². The molecule has 3 aliphatic rings. The van der Waals surface area contributed by atoms with Gasteiger partial charge in [0.25, 0.3) is 0 Å². The highest BCUT2D eigenvalue weighted by Crippen LogP contribution is 2.58. The molecule has 3 N–H and O–H groups in total. The van der Waals surface area contributed by atoms with Crippen molar-refractivity contribution in [2.24, 2.45) is 11.8 Å². The number of nitrogens with one attached hydrogen (secondary N) is 2. The fraction of sp³-hybridized carbons (Fsp3) is 0.640. The summed E-state index contributed by atoms with van der Waals surface area (Å²) in [5, 5.41) is 15.1. The smallest absolute Gasteiger partial charge is 0.246 e. The van der Waals surface area contributed by atoms with Crippen LogP contribution in [0, 0.1) is 11.8 Å². The number of hydrogen-bond acceptors (Lipinski definition) is 5. The Morgan fingerprint density at radius 1 is 1.15 bits per heavy atom. The first-order chi connectivity index (χ1) is 15.7. The van der Waals surface area contributed by atoms with Crippen LogP contribution in [0.5, 0.6) is 0 Å². The number of para-hydroxylation sites is 1. The molecular weight excluding hydrogens is 422 g/mol. The molecule has 0 aromatic heterocycles. The number of benzene rings is 1. The minimum absolute atomic E-state index is 0.0982. The van der Waals surface area contributed by atoms with Gasteiger partial charge in [-0.25, -0.2) is 0 Å². The first-order valence-electron chi connectivity index (χ1n) is 11.9. The Hall–Kier alpha value is -2.45. The minimum atomic E-state index is -0.979. The Kier molecular flexibility index (Phi) is 6.51. The quantitative estimate of drug-likeness (QED) is 0.518. The first kappa shape index (κ1) is 23.7. The van der Waals surface area contributed by atoms with E-state index in [1.54, 1.807) is 4.90 Å². The molecule has 180 valence electrons. The van der Waals surface area contributed by atoms with Gasteiger partial charge in [0, 0.05) is 24.4 Å². The van der Waals surface area contributed by atoms with Crippen molar-refractivity contribution in [3.8, 4) is 0 Å². The molecule has 0 radical (unpaired) electrons. The molecule has 8 heteroatoms. The fourth-order valence-electron chi connectivity index (χ4n) is 5.75. The summed E-state index contributed by atoms with van der Waals surface area (Å²) in [5.41, 5.74) is -0.766. The van der Waals surface area contributed by atoms with Gasteiger partial charge >= 0.3 is 0 Å². The summed E-state index contributed by atoms with van der Waals surface area (Å²) in [5.74, 6) is -1.94. The number of hydrogen-bond donors (Lipinski definition) is 3. The summed E-state index contributed by atoms with van der Waals surface area (Å²) in [7, 11) is 0. The topological polar surface area (TPSA) is 108 Å². The van der Waals surface area contributed by atoms with Gasteiger partial charge in [0.2, 0.25) is 17.7 Å². The van der Waals surface area contributed by atoms with E-state index in [1.807, 2.05) is 51.1 Å². The van der Waals surface area contributed by atoms with Crippen molar-refractivity contribution in [2.45, 2.75) is 76.2 Å². The van der Waals surface area contributed by atoms with Crippen molar-refractivity contribution in [3.05, 3.63) is 30.3 Å². The largest absolute Gasteiger partial charge is 0.396 e. The molecule has 3 amide bonds. The maximum Gasteiger partial charge on any atom is 0.246 e. The summed E-state index contributed by atoms with van der Waals surface area (Å²) in [6.07, 6.45) is 2.94. The third-order valence-electron chi connectivity index (χ3n) is 6.95. The van der Waals surface area contributed by atoms with E-state index in [0.717, 1.165) is 6.42 Å². The summed E-state index contributed by atoms with van der Waals surface area (Å²) >= 11 is 0. The van der Waals surface area contributed by atoms with E-state index in [1.165, 1.54) is 0 Å². The molecule has 3 saturated heterocycles. The molecule has 0 aliphatic carbocycles. The second-order valence-electron chi connectivity index (χ2n) is 10.5. The number of aliphatic hydroxyl groups excluding tert-OH is 1. The number of ether oxygens (including phenoxy) is 1. The van der Waals surface area contributed by atoms with Crippen LogP contribution in [-0.2, 0) is 19.1 Å². The molecule has 8 nitrogen and oxygen atoms in total. The number of amides is 3. The normalized spacial score (nSPS) is 30.4. The molecule has 2 unspecified atom stereocenters. The number of likely N-dealkylation sites (tertiary alicyclic amines) is 1. The lowest BCUT2D eigenvalue weighted by Gasteiger charge is -2.35. The van der Waals surface area contributed by atoms with Crippen molar-refractivity contribution in [1.82, 2.24) is 10.2 Å². The molecule has 5 atom stereocenters. The number of fused-ring (bicyclic) bond motifs is 1. The molecule has 0 saturated carbocycles. The highest BCUT2D eigenvalue weighted by atomic mass is 16.5. The van der Waals surface area contributed by atoms with Gasteiger partial charge in [-0.15, -0.1) is 0 Å². The Morgan fingerprint density at radius 3 is 2.55 bits per heavy atom. The van der Waals surface area contributed by atoms with Gasteiger partial charge in [0.15, 0.2) is 0 Å².